The zero-order valence-electron chi connectivity index (χ0n) is 15.1. The minimum Gasteiger partial charge on any atom is -0.354 e. The third-order valence-corrected chi connectivity index (χ3v) is 4.11. The van der Waals surface area contributed by atoms with Crippen LogP contribution in [-0.4, -0.2) is 22.8 Å². The average Bonchev–Trinajstić information content (AvgIpc) is 2.68. The van der Waals surface area contributed by atoms with Crippen LogP contribution in [0.5, 0.6) is 0 Å². The Hall–Kier alpha value is -3.35. The van der Waals surface area contributed by atoms with Gasteiger partial charge in [-0.05, 0) is 23.8 Å². The van der Waals surface area contributed by atoms with Crippen LogP contribution >= 0.6 is 0 Å². The Morgan fingerprint density at radius 2 is 1.71 bits per heavy atom. The summed E-state index contributed by atoms with van der Waals surface area (Å²) in [6, 6.07) is 16.1. The van der Waals surface area contributed by atoms with E-state index < -0.39 is 11.7 Å². The van der Waals surface area contributed by atoms with Gasteiger partial charge in [0.15, 0.2) is 0 Å². The quantitative estimate of drug-likeness (QED) is 0.663. The molecule has 0 fully saturated rings. The number of pyridine rings is 1. The van der Waals surface area contributed by atoms with E-state index in [2.05, 4.69) is 10.3 Å². The van der Waals surface area contributed by atoms with Crippen molar-refractivity contribution in [2.24, 2.45) is 0 Å². The van der Waals surface area contributed by atoms with Crippen molar-refractivity contribution in [2.45, 2.75) is 12.7 Å². The van der Waals surface area contributed by atoms with Crippen LogP contribution in [0.15, 0.2) is 73.1 Å². The van der Waals surface area contributed by atoms with E-state index in [0.29, 0.717) is 12.2 Å². The van der Waals surface area contributed by atoms with Crippen LogP contribution in [-0.2, 0) is 12.7 Å². The number of carbonyl (C=O) groups is 1. The molecule has 1 aromatic heterocycles. The van der Waals surface area contributed by atoms with Gasteiger partial charge in [-0.1, -0.05) is 42.5 Å². The third-order valence-electron chi connectivity index (χ3n) is 4.11. The number of anilines is 2. The minimum atomic E-state index is -4.49. The van der Waals surface area contributed by atoms with E-state index in [4.69, 9.17) is 0 Å². The summed E-state index contributed by atoms with van der Waals surface area (Å²) in [5.41, 5.74) is 0.676. The summed E-state index contributed by atoms with van der Waals surface area (Å²) < 4.78 is 39.5. The minimum absolute atomic E-state index is 0.0981. The predicted molar refractivity (Wildman–Crippen MR) is 101 cm³/mol. The van der Waals surface area contributed by atoms with E-state index in [1.165, 1.54) is 41.6 Å². The number of nitrogens with one attached hydrogen (secondary N) is 1. The summed E-state index contributed by atoms with van der Waals surface area (Å²) in [6.45, 7) is 0.411. The first kappa shape index (κ1) is 19.4. The molecule has 0 saturated heterocycles. The van der Waals surface area contributed by atoms with E-state index in [9.17, 15) is 18.0 Å². The lowest BCUT2D eigenvalue weighted by Crippen LogP contribution is -2.26. The highest BCUT2D eigenvalue weighted by Crippen LogP contribution is 2.35. The molecule has 0 saturated carbocycles. The third kappa shape index (κ3) is 4.68. The second-order valence-electron chi connectivity index (χ2n) is 6.28. The first-order chi connectivity index (χ1) is 13.3. The molecule has 0 unspecified atom stereocenters. The van der Waals surface area contributed by atoms with Gasteiger partial charge in [0.05, 0.1) is 28.7 Å². The maximum Gasteiger partial charge on any atom is 0.418 e. The molecule has 28 heavy (non-hydrogen) atoms. The molecule has 144 valence electrons. The van der Waals surface area contributed by atoms with Gasteiger partial charge in [0.2, 0.25) is 0 Å². The Labute approximate surface area is 160 Å². The molecule has 1 amide bonds. The smallest absolute Gasteiger partial charge is 0.354 e. The second kappa shape index (κ2) is 8.12. The van der Waals surface area contributed by atoms with Gasteiger partial charge in [-0.3, -0.25) is 9.78 Å². The molecule has 2 aromatic carbocycles. The Kier molecular flexibility index (Phi) is 5.63. The number of aromatic nitrogens is 1. The summed E-state index contributed by atoms with van der Waals surface area (Å²) in [5, 5.41) is 2.71. The standard InChI is InChI=1S/C21H18F3N3O/c1-27(14-15-7-3-2-4-8-15)20(28)16-11-17(13-25-12-16)26-19-10-6-5-9-18(19)21(22,23)24/h2-13,26H,14H2,1H3. The molecule has 3 aromatic rings. The van der Waals surface area contributed by atoms with Crippen LogP contribution in [0.1, 0.15) is 21.5 Å². The van der Waals surface area contributed by atoms with Crippen LogP contribution in [0.3, 0.4) is 0 Å². The zero-order chi connectivity index (χ0) is 20.1. The Bertz CT molecular complexity index is 958. The molecule has 0 radical (unpaired) electrons. The maximum absolute atomic E-state index is 13.2. The Morgan fingerprint density at radius 3 is 2.43 bits per heavy atom. The molecule has 4 nitrogen and oxygen atoms in total. The number of para-hydroxylation sites is 1. The molecule has 1 N–H and O–H groups in total. The van der Waals surface area contributed by atoms with Crippen molar-refractivity contribution in [1.29, 1.82) is 0 Å². The monoisotopic (exact) mass is 385 g/mol. The van der Waals surface area contributed by atoms with Crippen LogP contribution < -0.4 is 5.32 Å². The lowest BCUT2D eigenvalue weighted by molar-refractivity contribution is -0.136. The molecule has 0 bridgehead atoms. The highest BCUT2D eigenvalue weighted by molar-refractivity contribution is 5.94. The summed E-state index contributed by atoms with van der Waals surface area (Å²) in [7, 11) is 1.66. The Morgan fingerprint density at radius 1 is 1.04 bits per heavy atom. The summed E-state index contributed by atoms with van der Waals surface area (Å²) in [6.07, 6.45) is -1.72. The van der Waals surface area contributed by atoms with Crippen molar-refractivity contribution in [3.63, 3.8) is 0 Å². The van der Waals surface area contributed by atoms with Crippen LogP contribution in [0, 0.1) is 0 Å². The van der Waals surface area contributed by atoms with Crippen molar-refractivity contribution in [1.82, 2.24) is 9.88 Å². The fourth-order valence-corrected chi connectivity index (χ4v) is 2.77. The van der Waals surface area contributed by atoms with Gasteiger partial charge in [0.1, 0.15) is 0 Å². The number of benzene rings is 2. The van der Waals surface area contributed by atoms with Crippen LogP contribution in [0.4, 0.5) is 24.5 Å². The SMILES string of the molecule is CN(Cc1ccccc1)C(=O)c1cncc(Nc2ccccc2C(F)(F)F)c1. The number of nitrogens with zero attached hydrogens (tertiary/aromatic N) is 2. The average molecular weight is 385 g/mol. The van der Waals surface area contributed by atoms with Crippen molar-refractivity contribution in [3.8, 4) is 0 Å². The van der Waals surface area contributed by atoms with Gasteiger partial charge in [-0.2, -0.15) is 13.2 Å². The molecule has 0 aliphatic heterocycles. The lowest BCUT2D eigenvalue weighted by atomic mass is 10.1. The highest BCUT2D eigenvalue weighted by Gasteiger charge is 2.33. The molecule has 0 atom stereocenters. The predicted octanol–water partition coefficient (Wildman–Crippen LogP) is 5.12. The van der Waals surface area contributed by atoms with Gasteiger partial charge in [-0.15, -0.1) is 0 Å². The van der Waals surface area contributed by atoms with E-state index in [-0.39, 0.29) is 17.2 Å². The largest absolute Gasteiger partial charge is 0.418 e. The fraction of sp³-hybridized carbons (Fsp3) is 0.143. The number of carbonyl (C=O) groups excluding carboxylic acids is 1. The fourth-order valence-electron chi connectivity index (χ4n) is 2.77. The molecule has 0 aliphatic rings. The topological polar surface area (TPSA) is 45.2 Å². The number of alkyl halides is 3. The van der Waals surface area contributed by atoms with E-state index >= 15 is 0 Å². The first-order valence-corrected chi connectivity index (χ1v) is 8.52. The van der Waals surface area contributed by atoms with E-state index in [0.717, 1.165) is 11.6 Å². The van der Waals surface area contributed by atoms with Gasteiger partial charge in [0.25, 0.3) is 5.91 Å². The van der Waals surface area contributed by atoms with Crippen molar-refractivity contribution < 1.29 is 18.0 Å². The zero-order valence-corrected chi connectivity index (χ0v) is 15.1. The van der Waals surface area contributed by atoms with E-state index in [1.54, 1.807) is 7.05 Å². The number of amides is 1. The Balaban J connectivity index is 1.78. The molecule has 7 heteroatoms. The normalized spacial score (nSPS) is 11.1. The first-order valence-electron chi connectivity index (χ1n) is 8.52. The second-order valence-corrected chi connectivity index (χ2v) is 6.28. The number of rotatable bonds is 5. The molecular weight excluding hydrogens is 367 g/mol. The molecule has 0 aliphatic carbocycles. The number of hydrogen-bond donors (Lipinski definition) is 1. The van der Waals surface area contributed by atoms with Crippen molar-refractivity contribution in [3.05, 3.63) is 89.7 Å². The van der Waals surface area contributed by atoms with Crippen molar-refractivity contribution >= 4 is 17.3 Å². The maximum atomic E-state index is 13.2. The van der Waals surface area contributed by atoms with Gasteiger partial charge >= 0.3 is 6.18 Å². The number of hydrogen-bond acceptors (Lipinski definition) is 3. The molecular formula is C21H18F3N3O. The van der Waals surface area contributed by atoms with Gasteiger partial charge in [0, 0.05) is 19.8 Å². The van der Waals surface area contributed by atoms with Gasteiger partial charge in [-0.25, -0.2) is 0 Å². The lowest BCUT2D eigenvalue weighted by Gasteiger charge is -2.18. The molecule has 3 rings (SSSR count). The highest BCUT2D eigenvalue weighted by atomic mass is 19.4. The van der Waals surface area contributed by atoms with Crippen LogP contribution in [0.25, 0.3) is 0 Å². The van der Waals surface area contributed by atoms with Crippen molar-refractivity contribution in [2.75, 3.05) is 12.4 Å². The van der Waals surface area contributed by atoms with Gasteiger partial charge < -0.3 is 10.2 Å². The van der Waals surface area contributed by atoms with Crippen LogP contribution in [0.2, 0.25) is 0 Å². The summed E-state index contributed by atoms with van der Waals surface area (Å²) >= 11 is 0. The summed E-state index contributed by atoms with van der Waals surface area (Å²) in [4.78, 5) is 18.2. The van der Waals surface area contributed by atoms with E-state index in [1.807, 2.05) is 30.3 Å². The number of halogens is 3. The summed E-state index contributed by atoms with van der Waals surface area (Å²) in [5.74, 6) is -0.274. The molecule has 1 heterocycles. The molecule has 0 spiro atoms.